The molecule has 3 nitrogen and oxygen atoms in total. The van der Waals surface area contributed by atoms with Crippen LogP contribution in [0, 0.1) is 0 Å². The third kappa shape index (κ3) is 3.30. The molecule has 0 aliphatic rings. The number of aryl methyl sites for hydroxylation is 2. The van der Waals surface area contributed by atoms with Crippen molar-refractivity contribution < 1.29 is 5.11 Å². The Labute approximate surface area is 128 Å². The van der Waals surface area contributed by atoms with Gasteiger partial charge in [0.1, 0.15) is 0 Å². The van der Waals surface area contributed by atoms with Gasteiger partial charge in [-0.25, -0.2) is 0 Å². The lowest BCUT2D eigenvalue weighted by Gasteiger charge is -2.24. The van der Waals surface area contributed by atoms with Gasteiger partial charge in [0, 0.05) is 23.1 Å². The summed E-state index contributed by atoms with van der Waals surface area (Å²) >= 11 is 3.45. The fourth-order valence-electron chi connectivity index (χ4n) is 2.38. The molecule has 0 saturated heterocycles. The minimum Gasteiger partial charge on any atom is -0.385 e. The Kier molecular flexibility index (Phi) is 4.66. The van der Waals surface area contributed by atoms with E-state index in [0.717, 1.165) is 34.4 Å². The second-order valence-electron chi connectivity index (χ2n) is 5.26. The fourth-order valence-corrected chi connectivity index (χ4v) is 2.78. The monoisotopic (exact) mass is 336 g/mol. The Morgan fingerprint density at radius 2 is 2.05 bits per heavy atom. The van der Waals surface area contributed by atoms with Crippen molar-refractivity contribution in [1.29, 1.82) is 0 Å². The largest absolute Gasteiger partial charge is 0.385 e. The molecule has 0 aliphatic heterocycles. The summed E-state index contributed by atoms with van der Waals surface area (Å²) < 4.78 is 2.96. The number of nitrogens with zero attached hydrogens (tertiary/aromatic N) is 2. The lowest BCUT2D eigenvalue weighted by atomic mass is 9.91. The predicted molar refractivity (Wildman–Crippen MR) is 84.7 cm³/mol. The zero-order valence-corrected chi connectivity index (χ0v) is 13.8. The van der Waals surface area contributed by atoms with Crippen LogP contribution in [0.25, 0.3) is 0 Å². The van der Waals surface area contributed by atoms with Crippen LogP contribution < -0.4 is 0 Å². The smallest absolute Gasteiger partial charge is 0.0924 e. The van der Waals surface area contributed by atoms with Gasteiger partial charge in [0.2, 0.25) is 0 Å². The van der Waals surface area contributed by atoms with Crippen molar-refractivity contribution in [3.05, 3.63) is 51.8 Å². The van der Waals surface area contributed by atoms with Crippen LogP contribution in [0.4, 0.5) is 0 Å². The Morgan fingerprint density at radius 3 is 2.65 bits per heavy atom. The van der Waals surface area contributed by atoms with E-state index in [9.17, 15) is 5.11 Å². The van der Waals surface area contributed by atoms with Crippen molar-refractivity contribution in [3.8, 4) is 0 Å². The summed E-state index contributed by atoms with van der Waals surface area (Å²) in [7, 11) is 0. The summed E-state index contributed by atoms with van der Waals surface area (Å²) in [5, 5.41) is 15.3. The maximum Gasteiger partial charge on any atom is 0.0924 e. The molecule has 0 aliphatic carbocycles. The summed E-state index contributed by atoms with van der Waals surface area (Å²) in [6, 6.07) is 9.93. The highest BCUT2D eigenvalue weighted by atomic mass is 79.9. The Morgan fingerprint density at radius 1 is 1.30 bits per heavy atom. The number of hydrogen-bond donors (Lipinski definition) is 1. The summed E-state index contributed by atoms with van der Waals surface area (Å²) in [5.41, 5.74) is 2.16. The molecule has 0 saturated carbocycles. The van der Waals surface area contributed by atoms with Crippen LogP contribution in [0.15, 0.2) is 34.8 Å². The number of aliphatic hydroxyl groups is 1. The molecule has 0 bridgehead atoms. The normalized spacial score (nSPS) is 14.2. The molecular weight excluding hydrogens is 316 g/mol. The molecule has 1 unspecified atom stereocenters. The Balaban J connectivity index is 2.30. The third-order valence-corrected chi connectivity index (χ3v) is 4.04. The molecule has 1 heterocycles. The summed E-state index contributed by atoms with van der Waals surface area (Å²) in [6.07, 6.45) is 1.48. The highest BCUT2D eigenvalue weighted by Crippen LogP contribution is 2.27. The average Bonchev–Trinajstić information content (AvgIpc) is 2.80. The summed E-state index contributed by atoms with van der Waals surface area (Å²) in [5.74, 6) is 0. The van der Waals surface area contributed by atoms with Crippen LogP contribution in [0.1, 0.15) is 37.7 Å². The number of halogens is 1. The van der Waals surface area contributed by atoms with Gasteiger partial charge < -0.3 is 5.11 Å². The van der Waals surface area contributed by atoms with Crippen LogP contribution in [0.3, 0.4) is 0 Å². The van der Waals surface area contributed by atoms with E-state index >= 15 is 0 Å². The van der Waals surface area contributed by atoms with Gasteiger partial charge in [-0.3, -0.25) is 4.68 Å². The van der Waals surface area contributed by atoms with Crippen LogP contribution in [0.5, 0.6) is 0 Å². The minimum absolute atomic E-state index is 0.560. The van der Waals surface area contributed by atoms with Gasteiger partial charge >= 0.3 is 0 Å². The maximum atomic E-state index is 10.8. The van der Waals surface area contributed by atoms with Gasteiger partial charge in [-0.1, -0.05) is 35.0 Å². The van der Waals surface area contributed by atoms with Gasteiger partial charge in [-0.15, -0.1) is 0 Å². The number of aromatic nitrogens is 2. The Hall–Kier alpha value is -1.13. The quantitative estimate of drug-likeness (QED) is 0.904. The van der Waals surface area contributed by atoms with Gasteiger partial charge in [0.05, 0.1) is 11.3 Å². The molecule has 4 heteroatoms. The first-order valence-corrected chi connectivity index (χ1v) is 7.79. The van der Waals surface area contributed by atoms with E-state index in [2.05, 4.69) is 40.9 Å². The zero-order chi connectivity index (χ0) is 14.8. The molecule has 2 aromatic rings. The molecule has 2 rings (SSSR count). The topological polar surface area (TPSA) is 38.0 Å². The van der Waals surface area contributed by atoms with Crippen molar-refractivity contribution in [3.63, 3.8) is 0 Å². The van der Waals surface area contributed by atoms with Crippen molar-refractivity contribution in [2.45, 2.75) is 45.8 Å². The second kappa shape index (κ2) is 6.10. The summed E-state index contributed by atoms with van der Waals surface area (Å²) in [4.78, 5) is 0. The van der Waals surface area contributed by atoms with E-state index in [4.69, 9.17) is 0 Å². The van der Waals surface area contributed by atoms with E-state index in [0.29, 0.717) is 6.42 Å². The average molecular weight is 337 g/mol. The first-order valence-electron chi connectivity index (χ1n) is 7.00. The maximum absolute atomic E-state index is 10.8. The zero-order valence-electron chi connectivity index (χ0n) is 12.2. The highest BCUT2D eigenvalue weighted by molar-refractivity contribution is 9.10. The molecule has 0 amide bonds. The summed E-state index contributed by atoms with van der Waals surface area (Å²) in [6.45, 7) is 6.85. The van der Waals surface area contributed by atoms with E-state index in [1.54, 1.807) is 0 Å². The highest BCUT2D eigenvalue weighted by Gasteiger charge is 2.25. The molecule has 20 heavy (non-hydrogen) atoms. The van der Waals surface area contributed by atoms with Crippen LogP contribution >= 0.6 is 15.9 Å². The second-order valence-corrected chi connectivity index (χ2v) is 6.17. The predicted octanol–water partition coefficient (Wildman–Crippen LogP) is 3.68. The first kappa shape index (κ1) is 15.3. The molecule has 1 aromatic heterocycles. The fraction of sp³-hybridized carbons (Fsp3) is 0.438. The van der Waals surface area contributed by atoms with Crippen molar-refractivity contribution in [2.24, 2.45) is 0 Å². The number of rotatable bonds is 5. The first-order chi connectivity index (χ1) is 9.46. The van der Waals surface area contributed by atoms with E-state index in [-0.39, 0.29) is 0 Å². The van der Waals surface area contributed by atoms with E-state index in [1.807, 2.05) is 35.9 Å². The SMILES string of the molecule is CCc1cc(CC(C)(O)c2cccc(Br)c2)n(CC)n1. The molecule has 108 valence electrons. The van der Waals surface area contributed by atoms with Crippen LogP contribution in [0.2, 0.25) is 0 Å². The van der Waals surface area contributed by atoms with E-state index in [1.165, 1.54) is 0 Å². The van der Waals surface area contributed by atoms with Crippen molar-refractivity contribution in [2.75, 3.05) is 0 Å². The minimum atomic E-state index is -0.901. The van der Waals surface area contributed by atoms with Crippen LogP contribution in [-0.4, -0.2) is 14.9 Å². The molecular formula is C16H21BrN2O. The van der Waals surface area contributed by atoms with Gasteiger partial charge in [0.25, 0.3) is 0 Å². The van der Waals surface area contributed by atoms with Gasteiger partial charge in [-0.2, -0.15) is 5.10 Å². The van der Waals surface area contributed by atoms with Crippen LogP contribution in [-0.2, 0) is 25.0 Å². The van der Waals surface area contributed by atoms with E-state index < -0.39 is 5.60 Å². The lowest BCUT2D eigenvalue weighted by molar-refractivity contribution is 0.0553. The molecule has 0 fully saturated rings. The Bertz CT molecular complexity index is 590. The number of benzene rings is 1. The van der Waals surface area contributed by atoms with Gasteiger partial charge in [-0.05, 0) is 44.0 Å². The lowest BCUT2D eigenvalue weighted by Crippen LogP contribution is -2.25. The molecule has 1 aromatic carbocycles. The molecule has 1 atom stereocenters. The van der Waals surface area contributed by atoms with Crippen molar-refractivity contribution in [1.82, 2.24) is 9.78 Å². The third-order valence-electron chi connectivity index (χ3n) is 3.55. The molecule has 1 N–H and O–H groups in total. The van der Waals surface area contributed by atoms with Crippen molar-refractivity contribution >= 4 is 15.9 Å². The number of hydrogen-bond acceptors (Lipinski definition) is 2. The molecule has 0 spiro atoms. The standard InChI is InChI=1S/C16H21BrN2O/c1-4-14-10-15(19(5-2)18-14)11-16(3,20)12-7-6-8-13(17)9-12/h6-10,20H,4-5,11H2,1-3H3. The van der Waals surface area contributed by atoms with Gasteiger partial charge in [0.15, 0.2) is 0 Å². The molecule has 0 radical (unpaired) electrons.